The van der Waals surface area contributed by atoms with E-state index in [9.17, 15) is 34.2 Å². The molecule has 0 radical (unpaired) electrons. The summed E-state index contributed by atoms with van der Waals surface area (Å²) in [4.78, 5) is 50.6. The van der Waals surface area contributed by atoms with Gasteiger partial charge in [-0.1, -0.05) is 43.3 Å². The molecule has 3 aliphatic heterocycles. The molecule has 53 heavy (non-hydrogen) atoms. The summed E-state index contributed by atoms with van der Waals surface area (Å²) in [7, 11) is -2.66. The summed E-state index contributed by atoms with van der Waals surface area (Å²) in [5, 5.41) is 28.3. The lowest BCUT2D eigenvalue weighted by Gasteiger charge is -2.46. The van der Waals surface area contributed by atoms with Crippen molar-refractivity contribution in [3.63, 3.8) is 0 Å². The van der Waals surface area contributed by atoms with Gasteiger partial charge in [-0.3, -0.25) is 19.8 Å². The van der Waals surface area contributed by atoms with Crippen LogP contribution in [0.2, 0.25) is 0 Å². The van der Waals surface area contributed by atoms with E-state index in [0.717, 1.165) is 42.3 Å². The van der Waals surface area contributed by atoms with Gasteiger partial charge in [0.25, 0.3) is 5.69 Å². The normalized spacial score (nSPS) is 22.2. The average Bonchev–Trinajstić information content (AvgIpc) is 3.63. The first-order valence-electron chi connectivity index (χ1n) is 16.4. The number of likely N-dealkylation sites (N-methyl/N-ethyl adjacent to an activating group) is 1. The molecule has 0 spiro atoms. The summed E-state index contributed by atoms with van der Waals surface area (Å²) in [5.41, 5.74) is -0.966. The highest BCUT2D eigenvalue weighted by Crippen LogP contribution is 2.57. The van der Waals surface area contributed by atoms with Crippen LogP contribution in [0, 0.1) is 22.0 Å². The van der Waals surface area contributed by atoms with Crippen LogP contribution in [0.1, 0.15) is 30.6 Å². The summed E-state index contributed by atoms with van der Waals surface area (Å²) >= 11 is 4.35. The van der Waals surface area contributed by atoms with E-state index in [-0.39, 0.29) is 40.9 Å². The van der Waals surface area contributed by atoms with Gasteiger partial charge in [0.15, 0.2) is 5.70 Å². The van der Waals surface area contributed by atoms with E-state index < -0.39 is 60.3 Å². The Morgan fingerprint density at radius 3 is 2.06 bits per heavy atom. The van der Waals surface area contributed by atoms with Crippen molar-refractivity contribution < 1.29 is 47.3 Å². The molecular formula is C35H40ClN4O11PS. The lowest BCUT2D eigenvalue weighted by atomic mass is 9.79. The molecule has 18 heteroatoms. The third kappa shape index (κ3) is 9.76. The van der Waals surface area contributed by atoms with Gasteiger partial charge in [-0.15, -0.1) is 12.4 Å². The number of non-ortho nitro benzene ring substituents is 1. The molecule has 3 N–H and O–H groups in total. The van der Waals surface area contributed by atoms with Crippen LogP contribution in [0.3, 0.4) is 0 Å². The Kier molecular flexibility index (Phi) is 14.1. The second kappa shape index (κ2) is 18.1. The van der Waals surface area contributed by atoms with Gasteiger partial charge in [0.1, 0.15) is 17.3 Å². The fourth-order valence-electron chi connectivity index (χ4n) is 6.14. The fourth-order valence-corrected chi connectivity index (χ4v) is 7.87. The number of hydrogen-bond acceptors (Lipinski definition) is 14. The molecule has 6 atom stereocenters. The van der Waals surface area contributed by atoms with Gasteiger partial charge >= 0.3 is 19.8 Å². The Bertz CT molecular complexity index is 1810. The van der Waals surface area contributed by atoms with Crippen molar-refractivity contribution in [2.24, 2.45) is 11.8 Å². The molecule has 1 amide bonds. The summed E-state index contributed by atoms with van der Waals surface area (Å²) in [6.45, 7) is 5.14. The summed E-state index contributed by atoms with van der Waals surface area (Å²) < 4.78 is 36.4. The van der Waals surface area contributed by atoms with E-state index in [1.807, 2.05) is 7.05 Å². The van der Waals surface area contributed by atoms with Gasteiger partial charge < -0.3 is 34.0 Å². The zero-order chi connectivity index (χ0) is 37.6. The largest absolute Gasteiger partial charge is 0.646 e. The SMILES string of the molecule is CNC[C@@H]1C[C@H](S)CN1.C[C@@H](O)[C@H]1C(=O)N2C(C(=O)OC(=O)c3ccc([N+](=O)[O-])cc3)=C(OP(=O)(Oc3ccccc3)Oc3ccccc3)[C@H](C)[C@H]12.Cl. The number of para-hydroxylation sites is 2. The summed E-state index contributed by atoms with van der Waals surface area (Å²) in [6.07, 6.45) is 0.103. The number of fused-ring (bicyclic) bond motifs is 1. The molecule has 6 rings (SSSR count). The third-order valence-electron chi connectivity index (χ3n) is 8.58. The molecule has 0 aromatic heterocycles. The van der Waals surface area contributed by atoms with Crippen LogP contribution >= 0.6 is 32.9 Å². The lowest BCUT2D eigenvalue weighted by Crippen LogP contribution is -2.63. The molecule has 0 unspecified atom stereocenters. The van der Waals surface area contributed by atoms with E-state index in [1.165, 1.54) is 37.6 Å². The van der Waals surface area contributed by atoms with Gasteiger partial charge in [-0.2, -0.15) is 17.2 Å². The first-order chi connectivity index (χ1) is 24.8. The number of ether oxygens (including phenoxy) is 1. The number of aliphatic hydroxyl groups is 1. The minimum absolute atomic E-state index is 0. The number of nitrogens with one attached hydrogen (secondary N) is 2. The van der Waals surface area contributed by atoms with Crippen molar-refractivity contribution in [2.45, 2.75) is 43.7 Å². The van der Waals surface area contributed by atoms with E-state index in [2.05, 4.69) is 23.3 Å². The number of nitrogens with zero attached hydrogens (tertiary/aromatic N) is 2. The monoisotopic (exact) mass is 790 g/mol. The Labute approximate surface area is 317 Å². The maximum Gasteiger partial charge on any atom is 0.646 e. The second-order valence-electron chi connectivity index (χ2n) is 12.3. The molecule has 3 aromatic carbocycles. The minimum Gasteiger partial charge on any atom is -0.393 e. The Morgan fingerprint density at radius 2 is 1.58 bits per heavy atom. The summed E-state index contributed by atoms with van der Waals surface area (Å²) in [6, 6.07) is 20.2. The van der Waals surface area contributed by atoms with E-state index in [1.54, 1.807) is 43.3 Å². The molecule has 2 saturated heterocycles. The number of benzene rings is 3. The number of β-lactam (4-membered cyclic amide) rings is 1. The standard InChI is InChI=1S/C29H25N2O11P.C6H14N2S.ClH/c1-17-24-23(18(2)32)27(33)30(24)25(29(35)39-28(34)19-13-15-20(16-14-19)31(36)37)26(17)42-43(38,40-21-9-5-3-6-10-21)41-22-11-7-4-8-12-22;1-7-3-5-2-6(9)4-8-5;/h3-18,23-24,32H,1-2H3;5-9H,2-4H2,1H3;1H/t17-,18-,23-,24-;5-,6-;/m10./s1. The van der Waals surface area contributed by atoms with Gasteiger partial charge in [0.2, 0.25) is 5.91 Å². The van der Waals surface area contributed by atoms with Crippen molar-refractivity contribution >= 4 is 56.4 Å². The molecule has 3 heterocycles. The maximum atomic E-state index is 14.2. The second-order valence-corrected chi connectivity index (χ2v) is 14.5. The topological polar surface area (TPSA) is 196 Å². The molecule has 15 nitrogen and oxygen atoms in total. The number of amides is 1. The molecule has 3 aromatic rings. The highest BCUT2D eigenvalue weighted by atomic mass is 35.5. The molecule has 2 fully saturated rings. The van der Waals surface area contributed by atoms with Crippen LogP contribution in [-0.2, 0) is 23.4 Å². The molecule has 3 aliphatic rings. The van der Waals surface area contributed by atoms with Crippen LogP contribution in [-0.4, -0.2) is 76.4 Å². The smallest absolute Gasteiger partial charge is 0.393 e. The maximum absolute atomic E-state index is 14.2. The average molecular weight is 791 g/mol. The zero-order valence-electron chi connectivity index (χ0n) is 28.9. The summed E-state index contributed by atoms with van der Waals surface area (Å²) in [5.74, 6) is -4.92. The van der Waals surface area contributed by atoms with Crippen LogP contribution in [0.25, 0.3) is 0 Å². The van der Waals surface area contributed by atoms with Crippen LogP contribution in [0.15, 0.2) is 96.4 Å². The number of halogens is 1. The number of esters is 2. The molecule has 284 valence electrons. The quantitative estimate of drug-likeness (QED) is 0.0368. The number of aliphatic hydroxyl groups excluding tert-OH is 1. The number of rotatable bonds is 12. The lowest BCUT2D eigenvalue weighted by molar-refractivity contribution is -0.384. The number of phosphoric ester groups is 1. The number of nitro benzene ring substituents is 1. The first-order valence-corrected chi connectivity index (χ1v) is 18.4. The Balaban J connectivity index is 0.000000549. The van der Waals surface area contributed by atoms with Crippen LogP contribution < -0.4 is 19.7 Å². The number of phosphoric acid groups is 1. The number of thiol groups is 1. The predicted octanol–water partition coefficient (Wildman–Crippen LogP) is 4.92. The van der Waals surface area contributed by atoms with Crippen molar-refractivity contribution in [1.29, 1.82) is 0 Å². The fraction of sp³-hybridized carbons (Fsp3) is 0.343. The zero-order valence-corrected chi connectivity index (χ0v) is 31.5. The van der Waals surface area contributed by atoms with Gasteiger partial charge in [-0.05, 0) is 56.8 Å². The third-order valence-corrected chi connectivity index (χ3v) is 10.3. The van der Waals surface area contributed by atoms with Gasteiger partial charge in [0, 0.05) is 42.4 Å². The predicted molar refractivity (Wildman–Crippen MR) is 199 cm³/mol. The minimum atomic E-state index is -4.64. The van der Waals surface area contributed by atoms with Crippen LogP contribution in [0.4, 0.5) is 5.69 Å². The highest BCUT2D eigenvalue weighted by Gasteiger charge is 2.62. The Morgan fingerprint density at radius 1 is 1.02 bits per heavy atom. The first kappa shape index (κ1) is 41.3. The number of carbonyl (C=O) groups is 3. The Hall–Kier alpha value is -4.44. The van der Waals surface area contributed by atoms with Gasteiger partial charge in [0.05, 0.1) is 28.6 Å². The number of nitro groups is 1. The van der Waals surface area contributed by atoms with Gasteiger partial charge in [-0.25, -0.2) is 9.59 Å². The van der Waals surface area contributed by atoms with Crippen molar-refractivity contribution in [1.82, 2.24) is 15.5 Å². The molecule has 0 saturated carbocycles. The van der Waals surface area contributed by atoms with Crippen LogP contribution in [0.5, 0.6) is 11.5 Å². The van der Waals surface area contributed by atoms with E-state index in [0.29, 0.717) is 11.3 Å². The van der Waals surface area contributed by atoms with E-state index in [4.69, 9.17) is 18.3 Å². The highest BCUT2D eigenvalue weighted by molar-refractivity contribution is 7.81. The molecule has 0 aliphatic carbocycles. The van der Waals surface area contributed by atoms with Crippen molar-refractivity contribution in [3.8, 4) is 11.5 Å². The number of hydrogen-bond donors (Lipinski definition) is 4. The van der Waals surface area contributed by atoms with Crippen molar-refractivity contribution in [3.05, 3.63) is 112 Å². The number of carbonyl (C=O) groups excluding carboxylic acids is 3. The van der Waals surface area contributed by atoms with Crippen molar-refractivity contribution in [2.75, 3.05) is 20.1 Å². The molecular weight excluding hydrogens is 751 g/mol. The molecule has 0 bridgehead atoms. The van der Waals surface area contributed by atoms with E-state index >= 15 is 0 Å².